The van der Waals surface area contributed by atoms with Gasteiger partial charge in [-0.2, -0.15) is 0 Å². The number of aromatic nitrogens is 4. The lowest BCUT2D eigenvalue weighted by atomic mass is 10.0. The molecule has 1 radical (unpaired) electrons. The maximum absolute atomic E-state index is 13.7. The van der Waals surface area contributed by atoms with Crippen LogP contribution in [0.2, 0.25) is 0 Å². The zero-order chi connectivity index (χ0) is 38.0. The molecule has 0 aliphatic rings. The standard InChI is InChI=1S/C38H46BN8O6/c1-25(2)19-33(46-35(48)29(21-27-11-7-5-8-12-27)44-37(50)31-23-40-15-17-42-31)52-39-53-34(20-26(3)4)47-36(49)30(22-28-13-9-6-10-14-28)45-38(51)32-24-41-16-18-43-32/h5-18,23-26,29-30,33-34H,19-22H2,1-4H3,(H,44,50)(H,45,51)(H,46,48)(H,47,49)/t29-,30-,33+,34+/m0/s1. The SMILES string of the molecule is CC(C)C[C@H](NC(=O)[C@H](Cc1ccccc1)NC(=O)c1cnccn1)O[B]O[C@H](CC(C)C)NC(=O)[C@H](Cc1ccccc1)NC(=O)c1cnccn1. The summed E-state index contributed by atoms with van der Waals surface area (Å²) in [4.78, 5) is 69.4. The minimum Gasteiger partial charge on any atom is -0.393 e. The molecule has 0 spiro atoms. The molecule has 0 saturated carbocycles. The molecule has 14 nitrogen and oxygen atoms in total. The van der Waals surface area contributed by atoms with Gasteiger partial charge in [-0.25, -0.2) is 9.97 Å². The average molecular weight is 722 g/mol. The van der Waals surface area contributed by atoms with Gasteiger partial charge < -0.3 is 30.6 Å². The lowest BCUT2D eigenvalue weighted by Crippen LogP contribution is -2.53. The van der Waals surface area contributed by atoms with Gasteiger partial charge in [0.2, 0.25) is 11.8 Å². The fourth-order valence-electron chi connectivity index (χ4n) is 5.25. The first-order valence-corrected chi connectivity index (χ1v) is 17.5. The summed E-state index contributed by atoms with van der Waals surface area (Å²) in [6.45, 7) is 7.91. The third-order valence-electron chi connectivity index (χ3n) is 7.82. The normalized spacial score (nSPS) is 13.3. The molecule has 0 unspecified atom stereocenters. The van der Waals surface area contributed by atoms with Crippen LogP contribution >= 0.6 is 0 Å². The van der Waals surface area contributed by atoms with Gasteiger partial charge in [0.1, 0.15) is 35.9 Å². The van der Waals surface area contributed by atoms with Crippen molar-refractivity contribution in [2.24, 2.45) is 11.8 Å². The zero-order valence-corrected chi connectivity index (χ0v) is 30.3. The molecule has 2 heterocycles. The first-order chi connectivity index (χ1) is 25.6. The number of nitrogens with zero attached hydrogens (tertiary/aromatic N) is 4. The summed E-state index contributed by atoms with van der Waals surface area (Å²) in [6, 6.07) is 16.7. The minimum atomic E-state index is -0.960. The molecule has 0 saturated heterocycles. The van der Waals surface area contributed by atoms with Crippen LogP contribution in [0, 0.1) is 11.8 Å². The van der Waals surface area contributed by atoms with Crippen molar-refractivity contribution >= 4 is 31.3 Å². The Morgan fingerprint density at radius 3 is 1.32 bits per heavy atom. The van der Waals surface area contributed by atoms with Crippen LogP contribution in [-0.4, -0.2) is 75.8 Å². The van der Waals surface area contributed by atoms with E-state index in [9.17, 15) is 19.2 Å². The molecule has 4 rings (SSSR count). The molecule has 4 amide bonds. The van der Waals surface area contributed by atoms with Crippen LogP contribution in [0.1, 0.15) is 72.6 Å². The Kier molecular flexibility index (Phi) is 16.0. The summed E-state index contributed by atoms with van der Waals surface area (Å²) < 4.78 is 11.9. The van der Waals surface area contributed by atoms with Crippen LogP contribution in [0.25, 0.3) is 0 Å². The van der Waals surface area contributed by atoms with Crippen molar-refractivity contribution in [3.05, 3.63) is 120 Å². The van der Waals surface area contributed by atoms with Crippen molar-refractivity contribution in [3.63, 3.8) is 0 Å². The van der Waals surface area contributed by atoms with Crippen LogP contribution in [0.4, 0.5) is 0 Å². The van der Waals surface area contributed by atoms with E-state index in [-0.39, 0.29) is 36.1 Å². The second-order valence-electron chi connectivity index (χ2n) is 13.2. The quantitative estimate of drug-likeness (QED) is 0.0780. The lowest BCUT2D eigenvalue weighted by Gasteiger charge is -2.27. The Bertz CT molecular complexity index is 1600. The van der Waals surface area contributed by atoms with Gasteiger partial charge in [-0.15, -0.1) is 0 Å². The highest BCUT2D eigenvalue weighted by molar-refractivity contribution is 6.18. The Hall–Kier alpha value is -5.54. The molecule has 277 valence electrons. The van der Waals surface area contributed by atoms with Gasteiger partial charge >= 0.3 is 7.69 Å². The number of rotatable bonds is 20. The van der Waals surface area contributed by atoms with Gasteiger partial charge in [0.25, 0.3) is 11.8 Å². The predicted molar refractivity (Wildman–Crippen MR) is 198 cm³/mol. The van der Waals surface area contributed by atoms with Gasteiger partial charge in [-0.05, 0) is 35.8 Å². The fourth-order valence-corrected chi connectivity index (χ4v) is 5.25. The maximum atomic E-state index is 13.7. The monoisotopic (exact) mass is 721 g/mol. The first kappa shape index (κ1) is 40.2. The van der Waals surface area contributed by atoms with Crippen molar-refractivity contribution in [3.8, 4) is 0 Å². The van der Waals surface area contributed by atoms with Crippen molar-refractivity contribution in [2.45, 2.75) is 77.9 Å². The molecule has 4 aromatic rings. The molecular formula is C38H46BN8O6. The average Bonchev–Trinajstić information content (AvgIpc) is 3.15. The van der Waals surface area contributed by atoms with Gasteiger partial charge in [-0.3, -0.25) is 29.1 Å². The van der Waals surface area contributed by atoms with Crippen molar-refractivity contribution < 1.29 is 28.5 Å². The summed E-state index contributed by atoms with van der Waals surface area (Å²) in [5.41, 5.74) is 1.84. The lowest BCUT2D eigenvalue weighted by molar-refractivity contribution is -0.126. The molecule has 4 atom stereocenters. The van der Waals surface area contributed by atoms with Gasteiger partial charge in [0, 0.05) is 37.6 Å². The second-order valence-corrected chi connectivity index (χ2v) is 13.2. The van der Waals surface area contributed by atoms with E-state index in [2.05, 4.69) is 41.2 Å². The molecule has 0 fully saturated rings. The molecule has 53 heavy (non-hydrogen) atoms. The second kappa shape index (κ2) is 21.1. The predicted octanol–water partition coefficient (Wildman–Crippen LogP) is 3.19. The summed E-state index contributed by atoms with van der Waals surface area (Å²) in [6.07, 6.45) is 7.96. The Morgan fingerprint density at radius 2 is 0.981 bits per heavy atom. The number of amides is 4. The maximum Gasteiger partial charge on any atom is 0.491 e. The van der Waals surface area contributed by atoms with E-state index in [0.717, 1.165) is 18.8 Å². The highest BCUT2D eigenvalue weighted by Crippen LogP contribution is 2.12. The summed E-state index contributed by atoms with van der Waals surface area (Å²) in [5, 5.41) is 11.3. The first-order valence-electron chi connectivity index (χ1n) is 17.5. The Labute approximate surface area is 310 Å². The molecular weight excluding hydrogens is 675 g/mol. The smallest absolute Gasteiger partial charge is 0.393 e. The number of hydrogen-bond donors (Lipinski definition) is 4. The molecule has 2 aromatic carbocycles. The number of carbonyl (C=O) groups is 4. The number of carbonyl (C=O) groups excluding carboxylic acids is 4. The van der Waals surface area contributed by atoms with Crippen LogP contribution in [0.3, 0.4) is 0 Å². The van der Waals surface area contributed by atoms with Crippen molar-refractivity contribution in [1.29, 1.82) is 0 Å². The highest BCUT2D eigenvalue weighted by Gasteiger charge is 2.28. The summed E-state index contributed by atoms with van der Waals surface area (Å²) in [7, 11) is 1.11. The van der Waals surface area contributed by atoms with Gasteiger partial charge in [0.05, 0.1) is 12.4 Å². The van der Waals surface area contributed by atoms with E-state index in [1.165, 1.54) is 37.2 Å². The van der Waals surface area contributed by atoms with E-state index in [1.54, 1.807) is 0 Å². The van der Waals surface area contributed by atoms with Crippen LogP contribution in [0.5, 0.6) is 0 Å². The van der Waals surface area contributed by atoms with E-state index >= 15 is 0 Å². The molecule has 0 bridgehead atoms. The topological polar surface area (TPSA) is 186 Å². The van der Waals surface area contributed by atoms with Crippen molar-refractivity contribution in [2.75, 3.05) is 0 Å². The van der Waals surface area contributed by atoms with Crippen LogP contribution in [-0.2, 0) is 31.7 Å². The zero-order valence-electron chi connectivity index (χ0n) is 30.3. The minimum absolute atomic E-state index is 0.0765. The van der Waals surface area contributed by atoms with E-state index in [1.807, 2.05) is 88.4 Å². The van der Waals surface area contributed by atoms with Crippen LogP contribution in [0.15, 0.2) is 97.8 Å². The van der Waals surface area contributed by atoms with E-state index in [4.69, 9.17) is 9.31 Å². The third kappa shape index (κ3) is 14.2. The number of nitrogens with one attached hydrogen (secondary N) is 4. The molecule has 0 aliphatic carbocycles. The molecule has 0 aliphatic heterocycles. The Morgan fingerprint density at radius 1 is 0.585 bits per heavy atom. The summed E-state index contributed by atoms with van der Waals surface area (Å²) in [5.74, 6) is -1.82. The number of benzene rings is 2. The third-order valence-corrected chi connectivity index (χ3v) is 7.82. The van der Waals surface area contributed by atoms with Gasteiger partial charge in [0.15, 0.2) is 0 Å². The molecule has 15 heteroatoms. The van der Waals surface area contributed by atoms with Gasteiger partial charge in [-0.1, -0.05) is 88.4 Å². The molecule has 2 aromatic heterocycles. The summed E-state index contributed by atoms with van der Waals surface area (Å²) >= 11 is 0. The Balaban J connectivity index is 1.43. The van der Waals surface area contributed by atoms with Crippen LogP contribution < -0.4 is 21.3 Å². The van der Waals surface area contributed by atoms with Crippen molar-refractivity contribution in [1.82, 2.24) is 41.2 Å². The largest absolute Gasteiger partial charge is 0.491 e. The van der Waals surface area contributed by atoms with E-state index < -0.39 is 48.2 Å². The molecule has 4 N–H and O–H groups in total. The fraction of sp³-hybridized carbons (Fsp3) is 0.368. The van der Waals surface area contributed by atoms with E-state index in [0.29, 0.717) is 12.8 Å². The highest BCUT2D eigenvalue weighted by atomic mass is 16.6. The number of hydrogen-bond acceptors (Lipinski definition) is 10.